The predicted octanol–water partition coefficient (Wildman–Crippen LogP) is 3.29. The van der Waals surface area contributed by atoms with Gasteiger partial charge in [-0.05, 0) is 37.5 Å². The fourth-order valence-corrected chi connectivity index (χ4v) is 2.92. The van der Waals surface area contributed by atoms with Crippen molar-refractivity contribution in [2.45, 2.75) is 26.3 Å². The molecule has 2 heterocycles. The fourth-order valence-electron chi connectivity index (χ4n) is 2.92. The summed E-state index contributed by atoms with van der Waals surface area (Å²) in [5, 5.41) is 11.7. The number of aromatic nitrogens is 1. The Hall–Kier alpha value is -3.56. The average Bonchev–Trinajstić information content (AvgIpc) is 2.68. The van der Waals surface area contributed by atoms with E-state index in [1.807, 2.05) is 6.07 Å². The highest BCUT2D eigenvalue weighted by Gasteiger charge is 2.30. The van der Waals surface area contributed by atoms with Crippen LogP contribution < -0.4 is 20.1 Å². The molecule has 0 saturated carbocycles. The maximum Gasteiger partial charge on any atom is 0.414 e. The maximum absolute atomic E-state index is 12.7. The Labute approximate surface area is 167 Å². The minimum atomic E-state index is -0.745. The molecule has 1 aliphatic rings. The highest BCUT2D eigenvalue weighted by molar-refractivity contribution is 5.92. The van der Waals surface area contributed by atoms with Gasteiger partial charge in [0.05, 0.1) is 31.3 Å². The second kappa shape index (κ2) is 9.09. The van der Waals surface area contributed by atoms with Crippen LogP contribution in [0.25, 0.3) is 0 Å². The molecule has 1 aromatic carbocycles. The first-order valence-electron chi connectivity index (χ1n) is 9.23. The van der Waals surface area contributed by atoms with Crippen LogP contribution in [0.4, 0.5) is 22.0 Å². The van der Waals surface area contributed by atoms with E-state index in [2.05, 4.69) is 4.98 Å². The summed E-state index contributed by atoms with van der Waals surface area (Å²) in [7, 11) is 0. The lowest BCUT2D eigenvalue weighted by atomic mass is 10.2. The molecule has 0 fully saturated rings. The number of hydrogen-bond acceptors (Lipinski definition) is 8. The molecule has 3 rings (SSSR count). The van der Waals surface area contributed by atoms with E-state index in [0.29, 0.717) is 30.9 Å². The summed E-state index contributed by atoms with van der Waals surface area (Å²) in [5.74, 6) is 0.416. The first-order valence-corrected chi connectivity index (χ1v) is 9.23. The van der Waals surface area contributed by atoms with Crippen LogP contribution in [0.1, 0.15) is 25.3 Å². The van der Waals surface area contributed by atoms with Crippen LogP contribution in [-0.4, -0.2) is 35.8 Å². The van der Waals surface area contributed by atoms with Gasteiger partial charge in [-0.1, -0.05) is 12.1 Å². The molecule has 154 valence electrons. The summed E-state index contributed by atoms with van der Waals surface area (Å²) in [6.45, 7) is 2.61. The van der Waals surface area contributed by atoms with Gasteiger partial charge in [0.1, 0.15) is 11.4 Å². The van der Waals surface area contributed by atoms with Gasteiger partial charge in [0.25, 0.3) is 0 Å². The van der Waals surface area contributed by atoms with Crippen molar-refractivity contribution in [3.8, 4) is 11.6 Å². The van der Waals surface area contributed by atoms with Gasteiger partial charge in [-0.25, -0.2) is 4.79 Å². The summed E-state index contributed by atoms with van der Waals surface area (Å²) >= 11 is 0. The van der Waals surface area contributed by atoms with E-state index in [0.717, 1.165) is 11.3 Å². The minimum Gasteiger partial charge on any atom is -0.494 e. The van der Waals surface area contributed by atoms with Gasteiger partial charge < -0.3 is 19.9 Å². The minimum absolute atomic E-state index is 0.0137. The molecule has 2 N–H and O–H groups in total. The number of carbonyl (C=O) groups is 1. The van der Waals surface area contributed by atoms with Crippen molar-refractivity contribution in [3.05, 3.63) is 46.0 Å². The van der Waals surface area contributed by atoms with Gasteiger partial charge in [-0.2, -0.15) is 4.98 Å². The number of ether oxygens (including phenoxy) is 3. The average molecular weight is 402 g/mol. The number of pyridine rings is 1. The molecular formula is C19H22N4O6. The van der Waals surface area contributed by atoms with Gasteiger partial charge in [-0.15, -0.1) is 0 Å². The lowest BCUT2D eigenvalue weighted by Gasteiger charge is -2.23. The largest absolute Gasteiger partial charge is 0.494 e. The van der Waals surface area contributed by atoms with Crippen molar-refractivity contribution in [2.75, 3.05) is 30.5 Å². The molecule has 0 radical (unpaired) electrons. The van der Waals surface area contributed by atoms with E-state index >= 15 is 0 Å². The van der Waals surface area contributed by atoms with E-state index in [4.69, 9.17) is 19.9 Å². The van der Waals surface area contributed by atoms with E-state index in [1.165, 1.54) is 6.07 Å². The molecule has 1 aromatic heterocycles. The van der Waals surface area contributed by atoms with Crippen molar-refractivity contribution >= 4 is 23.3 Å². The number of benzene rings is 1. The fraction of sp³-hybridized carbons (Fsp3) is 0.368. The predicted molar refractivity (Wildman–Crippen MR) is 105 cm³/mol. The monoisotopic (exact) mass is 402 g/mol. The molecule has 2 aromatic rings. The smallest absolute Gasteiger partial charge is 0.414 e. The second-order valence-corrected chi connectivity index (χ2v) is 6.31. The van der Waals surface area contributed by atoms with Gasteiger partial charge in [0, 0.05) is 6.07 Å². The first-order chi connectivity index (χ1) is 14.0. The van der Waals surface area contributed by atoms with Crippen LogP contribution in [0.3, 0.4) is 0 Å². The summed E-state index contributed by atoms with van der Waals surface area (Å²) in [6.07, 6.45) is 0.703. The molecule has 0 spiro atoms. The quantitative estimate of drug-likeness (QED) is 0.598. The lowest BCUT2D eigenvalue weighted by molar-refractivity contribution is -0.383. The topological polar surface area (TPSA) is 130 Å². The summed E-state index contributed by atoms with van der Waals surface area (Å²) in [4.78, 5) is 28.8. The zero-order chi connectivity index (χ0) is 20.8. The van der Waals surface area contributed by atoms with Gasteiger partial charge in [-0.3, -0.25) is 15.0 Å². The Balaban J connectivity index is 2.13. The Kier molecular flexibility index (Phi) is 6.32. The zero-order valence-corrected chi connectivity index (χ0v) is 16.0. The number of nitro groups is 1. The molecule has 4 bridgehead atoms. The van der Waals surface area contributed by atoms with Crippen molar-refractivity contribution in [3.63, 3.8) is 0 Å². The Morgan fingerprint density at radius 2 is 2.07 bits per heavy atom. The molecule has 10 heteroatoms. The van der Waals surface area contributed by atoms with E-state index in [1.54, 1.807) is 25.1 Å². The molecule has 10 nitrogen and oxygen atoms in total. The summed E-state index contributed by atoms with van der Waals surface area (Å²) < 4.78 is 16.5. The Bertz CT molecular complexity index is 904. The van der Waals surface area contributed by atoms with Gasteiger partial charge >= 0.3 is 11.8 Å². The van der Waals surface area contributed by atoms with Crippen LogP contribution in [0, 0.1) is 10.1 Å². The Morgan fingerprint density at radius 1 is 1.31 bits per heavy atom. The van der Waals surface area contributed by atoms with E-state index in [9.17, 15) is 14.9 Å². The van der Waals surface area contributed by atoms with E-state index < -0.39 is 16.7 Å². The third-order valence-electron chi connectivity index (χ3n) is 4.23. The van der Waals surface area contributed by atoms with Crippen LogP contribution in [0.15, 0.2) is 30.3 Å². The molecule has 0 atom stereocenters. The number of hydrogen-bond donors (Lipinski definition) is 1. The molecule has 0 saturated heterocycles. The number of nitrogen functional groups attached to an aromatic ring is 1. The van der Waals surface area contributed by atoms with E-state index in [-0.39, 0.29) is 30.5 Å². The molecular weight excluding hydrogens is 380 g/mol. The summed E-state index contributed by atoms with van der Waals surface area (Å²) in [6, 6.07) is 8.53. The summed E-state index contributed by atoms with van der Waals surface area (Å²) in [5.41, 5.74) is 6.02. The highest BCUT2D eigenvalue weighted by atomic mass is 16.6. The SMILES string of the molecule is CCOC(=O)N1Cc2cccc(c2)OCCCCOc2cc1c([N+](=O)[O-])c(N)n2. The van der Waals surface area contributed by atoms with Crippen LogP contribution in [-0.2, 0) is 11.3 Å². The number of anilines is 2. The second-order valence-electron chi connectivity index (χ2n) is 6.31. The lowest BCUT2D eigenvalue weighted by Crippen LogP contribution is -2.32. The van der Waals surface area contributed by atoms with Crippen molar-refractivity contribution in [1.82, 2.24) is 4.98 Å². The highest BCUT2D eigenvalue weighted by Crippen LogP contribution is 2.37. The Morgan fingerprint density at radius 3 is 2.79 bits per heavy atom. The van der Waals surface area contributed by atoms with Crippen LogP contribution >= 0.6 is 0 Å². The molecule has 29 heavy (non-hydrogen) atoms. The van der Waals surface area contributed by atoms with Gasteiger partial charge in [0.15, 0.2) is 0 Å². The van der Waals surface area contributed by atoms with Crippen molar-refractivity contribution in [1.29, 1.82) is 0 Å². The van der Waals surface area contributed by atoms with Gasteiger partial charge in [0.2, 0.25) is 11.7 Å². The molecule has 1 amide bonds. The molecule has 0 aliphatic carbocycles. The normalized spacial score (nSPS) is 14.2. The molecule has 1 aliphatic heterocycles. The van der Waals surface area contributed by atoms with Crippen LogP contribution in [0.5, 0.6) is 11.6 Å². The van der Waals surface area contributed by atoms with Crippen LogP contribution in [0.2, 0.25) is 0 Å². The number of nitrogens with two attached hydrogens (primary N) is 1. The van der Waals surface area contributed by atoms with Crippen molar-refractivity contribution in [2.24, 2.45) is 0 Å². The zero-order valence-electron chi connectivity index (χ0n) is 16.0. The number of rotatable bonds is 2. The third kappa shape index (κ3) is 4.84. The number of amides is 1. The number of carbonyl (C=O) groups excluding carboxylic acids is 1. The number of nitrogens with zero attached hydrogens (tertiary/aromatic N) is 3. The number of fused-ring (bicyclic) bond motifs is 4. The standard InChI is InChI=1S/C19H22N4O6/c1-2-27-19(24)22-12-13-6-5-7-14(10-13)28-8-3-4-9-29-16-11-15(22)17(23(25)26)18(20)21-16/h5-7,10-11H,2-4,8-9,12H2,1H3,(H2,20,21). The third-order valence-corrected chi connectivity index (χ3v) is 4.23. The van der Waals surface area contributed by atoms with Crippen molar-refractivity contribution < 1.29 is 23.9 Å². The molecule has 0 unspecified atom stereocenters. The maximum atomic E-state index is 12.7. The first kappa shape index (κ1) is 20.2.